The lowest BCUT2D eigenvalue weighted by Crippen LogP contribution is -2.45. The van der Waals surface area contributed by atoms with E-state index in [-0.39, 0.29) is 34.3 Å². The predicted octanol–water partition coefficient (Wildman–Crippen LogP) is 1.93. The molecular weight excluding hydrogens is 481 g/mol. The fraction of sp³-hybridized carbons (Fsp3) is 0.227. The Bertz CT molecular complexity index is 1260. The van der Waals surface area contributed by atoms with Gasteiger partial charge in [-0.2, -0.15) is 4.37 Å². The molecule has 0 aliphatic carbocycles. The molecule has 0 fully saturated rings. The number of aromatic nitrogens is 1. The number of nitrogen functional groups attached to an aromatic ring is 1. The summed E-state index contributed by atoms with van der Waals surface area (Å²) in [6.45, 7) is 2.90. The molecule has 11 nitrogen and oxygen atoms in total. The maximum atomic E-state index is 13.7. The van der Waals surface area contributed by atoms with Gasteiger partial charge >= 0.3 is 5.97 Å². The molecule has 3 aromatic rings. The largest absolute Gasteiger partial charge is 0.465 e. The highest BCUT2D eigenvalue weighted by Gasteiger charge is 2.38. The van der Waals surface area contributed by atoms with Crippen molar-refractivity contribution in [3.8, 4) is 0 Å². The summed E-state index contributed by atoms with van der Waals surface area (Å²) in [5, 5.41) is 2.42. The lowest BCUT2D eigenvalue weighted by Gasteiger charge is -2.29. The SMILES string of the molecule is CCOC(=O)CNC(=O)[C@H](c1ccc(C)o1)N(C(=O)c1snc(C(N)=O)c1N)c1ccc(F)cc1. The first kappa shape index (κ1) is 25.4. The van der Waals surface area contributed by atoms with Gasteiger partial charge in [0.1, 0.15) is 28.8 Å². The monoisotopic (exact) mass is 503 g/mol. The topological polar surface area (TPSA) is 171 Å². The van der Waals surface area contributed by atoms with Crippen LogP contribution in [0.15, 0.2) is 40.8 Å². The zero-order valence-electron chi connectivity index (χ0n) is 18.7. The molecule has 184 valence electrons. The zero-order valence-corrected chi connectivity index (χ0v) is 19.6. The third-order valence-corrected chi connectivity index (χ3v) is 5.58. The second-order valence-electron chi connectivity index (χ2n) is 7.16. The number of carbonyl (C=O) groups is 4. The summed E-state index contributed by atoms with van der Waals surface area (Å²) >= 11 is 0.616. The van der Waals surface area contributed by atoms with Crippen molar-refractivity contribution in [1.29, 1.82) is 0 Å². The van der Waals surface area contributed by atoms with Gasteiger partial charge in [-0.3, -0.25) is 24.1 Å². The van der Waals surface area contributed by atoms with Crippen LogP contribution in [0.1, 0.15) is 44.6 Å². The van der Waals surface area contributed by atoms with Crippen LogP contribution in [-0.4, -0.2) is 41.2 Å². The fourth-order valence-electron chi connectivity index (χ4n) is 3.17. The van der Waals surface area contributed by atoms with Gasteiger partial charge in [0, 0.05) is 5.69 Å². The Hall–Kier alpha value is -4.26. The van der Waals surface area contributed by atoms with Gasteiger partial charge in [0.25, 0.3) is 17.7 Å². The number of rotatable bonds is 9. The van der Waals surface area contributed by atoms with Crippen LogP contribution in [0.5, 0.6) is 0 Å². The summed E-state index contributed by atoms with van der Waals surface area (Å²) < 4.78 is 28.0. The first-order chi connectivity index (χ1) is 16.6. The number of nitrogens with zero attached hydrogens (tertiary/aromatic N) is 2. The van der Waals surface area contributed by atoms with Crippen LogP contribution < -0.4 is 21.7 Å². The summed E-state index contributed by atoms with van der Waals surface area (Å²) in [4.78, 5) is 51.3. The summed E-state index contributed by atoms with van der Waals surface area (Å²) in [5.41, 5.74) is 10.8. The number of aryl methyl sites for hydroxylation is 1. The quantitative estimate of drug-likeness (QED) is 0.372. The zero-order chi connectivity index (χ0) is 25.7. The Labute approximate surface area is 203 Å². The van der Waals surface area contributed by atoms with Crippen LogP contribution in [-0.2, 0) is 14.3 Å². The van der Waals surface area contributed by atoms with E-state index >= 15 is 0 Å². The van der Waals surface area contributed by atoms with E-state index in [1.54, 1.807) is 19.9 Å². The molecule has 1 atom stereocenters. The minimum Gasteiger partial charge on any atom is -0.465 e. The molecule has 0 aliphatic rings. The summed E-state index contributed by atoms with van der Waals surface area (Å²) in [6, 6.07) is 6.37. The van der Waals surface area contributed by atoms with Crippen molar-refractivity contribution in [2.24, 2.45) is 5.73 Å². The standard InChI is InChI=1S/C22H22FN5O6S/c1-3-33-15(29)10-26-21(31)18(14-9-4-11(2)34-14)28(13-7-5-12(23)6-8-13)22(32)19-16(24)17(20(25)30)27-35-19/h4-9,18H,3,10,24H2,1-2H3,(H2,25,30)(H,26,31)/t18-/m0/s1. The van der Waals surface area contributed by atoms with Crippen LogP contribution in [0.25, 0.3) is 0 Å². The molecule has 5 N–H and O–H groups in total. The average molecular weight is 504 g/mol. The van der Waals surface area contributed by atoms with Crippen LogP contribution in [0.2, 0.25) is 0 Å². The van der Waals surface area contributed by atoms with Gasteiger partial charge in [-0.1, -0.05) is 0 Å². The van der Waals surface area contributed by atoms with Crippen molar-refractivity contribution in [1.82, 2.24) is 9.69 Å². The predicted molar refractivity (Wildman–Crippen MR) is 124 cm³/mol. The first-order valence-corrected chi connectivity index (χ1v) is 11.0. The van der Waals surface area contributed by atoms with E-state index in [1.165, 1.54) is 18.2 Å². The number of hydrogen-bond acceptors (Lipinski definition) is 9. The van der Waals surface area contributed by atoms with Gasteiger partial charge in [0.2, 0.25) is 0 Å². The molecule has 0 spiro atoms. The minimum absolute atomic E-state index is 0.0553. The van der Waals surface area contributed by atoms with Crippen molar-refractivity contribution in [3.63, 3.8) is 0 Å². The van der Waals surface area contributed by atoms with Gasteiger partial charge in [0.05, 0.1) is 12.3 Å². The number of esters is 1. The van der Waals surface area contributed by atoms with E-state index in [0.29, 0.717) is 17.3 Å². The van der Waals surface area contributed by atoms with Crippen molar-refractivity contribution in [2.75, 3.05) is 23.8 Å². The summed E-state index contributed by atoms with van der Waals surface area (Å²) in [7, 11) is 0. The van der Waals surface area contributed by atoms with Crippen LogP contribution >= 0.6 is 11.5 Å². The van der Waals surface area contributed by atoms with Crippen LogP contribution in [0.4, 0.5) is 15.8 Å². The number of hydrogen-bond donors (Lipinski definition) is 3. The highest BCUT2D eigenvalue weighted by Crippen LogP contribution is 2.33. The second-order valence-corrected chi connectivity index (χ2v) is 7.94. The van der Waals surface area contributed by atoms with Crippen molar-refractivity contribution < 1.29 is 32.7 Å². The Morgan fingerprint density at radius 2 is 1.89 bits per heavy atom. The highest BCUT2D eigenvalue weighted by molar-refractivity contribution is 7.09. The van der Waals surface area contributed by atoms with E-state index in [4.69, 9.17) is 20.6 Å². The van der Waals surface area contributed by atoms with E-state index in [1.807, 2.05) is 0 Å². The van der Waals surface area contributed by atoms with Gasteiger partial charge in [-0.25, -0.2) is 4.39 Å². The summed E-state index contributed by atoms with van der Waals surface area (Å²) in [5.74, 6) is -3.31. The average Bonchev–Trinajstić information content (AvgIpc) is 3.41. The molecule has 1 aromatic carbocycles. The van der Waals surface area contributed by atoms with Gasteiger partial charge in [0.15, 0.2) is 11.7 Å². The third kappa shape index (κ3) is 5.63. The number of halogens is 1. The first-order valence-electron chi connectivity index (χ1n) is 10.3. The number of carbonyl (C=O) groups excluding carboxylic acids is 4. The van der Waals surface area contributed by atoms with Gasteiger partial charge in [-0.15, -0.1) is 0 Å². The van der Waals surface area contributed by atoms with Crippen molar-refractivity contribution >= 4 is 46.6 Å². The molecule has 2 heterocycles. The number of nitrogens with two attached hydrogens (primary N) is 2. The smallest absolute Gasteiger partial charge is 0.325 e. The van der Waals surface area contributed by atoms with E-state index in [0.717, 1.165) is 17.0 Å². The van der Waals surface area contributed by atoms with E-state index in [2.05, 4.69) is 9.69 Å². The number of primary amides is 1. The van der Waals surface area contributed by atoms with Gasteiger partial charge in [-0.05, 0) is 61.8 Å². The molecule has 3 rings (SSSR count). The Morgan fingerprint density at radius 3 is 2.43 bits per heavy atom. The van der Waals surface area contributed by atoms with E-state index < -0.39 is 42.1 Å². The molecule has 2 aromatic heterocycles. The minimum atomic E-state index is -1.45. The van der Waals surface area contributed by atoms with Crippen molar-refractivity contribution in [3.05, 3.63) is 64.3 Å². The lowest BCUT2D eigenvalue weighted by atomic mass is 10.1. The molecule has 13 heteroatoms. The molecule has 0 radical (unpaired) electrons. The molecule has 3 amide bonds. The normalized spacial score (nSPS) is 11.5. The number of furan rings is 1. The van der Waals surface area contributed by atoms with Crippen LogP contribution in [0, 0.1) is 12.7 Å². The molecule has 0 saturated heterocycles. The number of benzene rings is 1. The highest BCUT2D eigenvalue weighted by atomic mass is 32.1. The van der Waals surface area contributed by atoms with Crippen LogP contribution in [0.3, 0.4) is 0 Å². The van der Waals surface area contributed by atoms with E-state index in [9.17, 15) is 23.6 Å². The lowest BCUT2D eigenvalue weighted by molar-refractivity contribution is -0.143. The number of amides is 3. The Morgan fingerprint density at radius 1 is 1.20 bits per heavy atom. The Kier molecular flexibility index (Phi) is 7.81. The number of ether oxygens (including phenoxy) is 1. The molecule has 0 bridgehead atoms. The molecule has 0 saturated carbocycles. The van der Waals surface area contributed by atoms with Gasteiger partial charge < -0.3 is 25.9 Å². The molecule has 0 unspecified atom stereocenters. The van der Waals surface area contributed by atoms with Crippen molar-refractivity contribution in [2.45, 2.75) is 19.9 Å². The molecule has 0 aliphatic heterocycles. The summed E-state index contributed by atoms with van der Waals surface area (Å²) in [6.07, 6.45) is 0. The number of anilines is 2. The maximum Gasteiger partial charge on any atom is 0.325 e. The molecule has 35 heavy (non-hydrogen) atoms. The third-order valence-electron chi connectivity index (χ3n) is 4.73. The molecular formula is C22H22FN5O6S. The fourth-order valence-corrected chi connectivity index (χ4v) is 3.91. The second kappa shape index (κ2) is 10.8. The Balaban J connectivity index is 2.12. The maximum absolute atomic E-state index is 13.7. The number of nitrogens with one attached hydrogen (secondary N) is 1.